The molecule has 3 nitrogen and oxygen atoms in total. The maximum atomic E-state index is 13.6. The molecule has 2 aromatic carbocycles. The summed E-state index contributed by atoms with van der Waals surface area (Å²) in [6.45, 7) is 0.0663. The Kier molecular flexibility index (Phi) is 3.64. The molecule has 106 valence electrons. The number of rotatable bonds is 4. The molecule has 5 heteroatoms. The summed E-state index contributed by atoms with van der Waals surface area (Å²) in [5.41, 5.74) is 1.59. The van der Waals surface area contributed by atoms with Gasteiger partial charge in [-0.3, -0.25) is 0 Å². The van der Waals surface area contributed by atoms with E-state index < -0.39 is 11.6 Å². The summed E-state index contributed by atoms with van der Waals surface area (Å²) in [7, 11) is 0. The molecule has 0 bridgehead atoms. The Balaban J connectivity index is 1.86. The molecule has 0 unspecified atom stereocenters. The highest BCUT2D eigenvalue weighted by molar-refractivity contribution is 5.60. The molecule has 0 aliphatic carbocycles. The van der Waals surface area contributed by atoms with Crippen LogP contribution in [0.25, 0.3) is 5.69 Å². The van der Waals surface area contributed by atoms with Gasteiger partial charge in [-0.15, -0.1) is 0 Å². The van der Waals surface area contributed by atoms with Gasteiger partial charge in [0.15, 0.2) is 0 Å². The van der Waals surface area contributed by atoms with Crippen LogP contribution in [0.1, 0.15) is 5.56 Å². The van der Waals surface area contributed by atoms with Crippen LogP contribution in [-0.2, 0) is 6.54 Å². The molecule has 0 spiro atoms. The lowest BCUT2D eigenvalue weighted by molar-refractivity contribution is 0.560. The summed E-state index contributed by atoms with van der Waals surface area (Å²) in [4.78, 5) is 0. The number of halogens is 2. The molecule has 1 aromatic heterocycles. The van der Waals surface area contributed by atoms with Gasteiger partial charge >= 0.3 is 0 Å². The lowest BCUT2D eigenvalue weighted by atomic mass is 10.2. The molecule has 0 atom stereocenters. The van der Waals surface area contributed by atoms with E-state index in [9.17, 15) is 8.78 Å². The van der Waals surface area contributed by atoms with Crippen molar-refractivity contribution in [2.75, 3.05) is 5.32 Å². The second-order valence-corrected chi connectivity index (χ2v) is 4.52. The quantitative estimate of drug-likeness (QED) is 0.791. The first kappa shape index (κ1) is 13.3. The zero-order valence-electron chi connectivity index (χ0n) is 11.1. The van der Waals surface area contributed by atoms with Gasteiger partial charge in [0, 0.05) is 24.5 Å². The Morgan fingerprint density at radius 1 is 0.952 bits per heavy atom. The van der Waals surface area contributed by atoms with Crippen molar-refractivity contribution in [2.24, 2.45) is 0 Å². The van der Waals surface area contributed by atoms with Crippen molar-refractivity contribution in [3.05, 3.63) is 78.1 Å². The normalized spacial score (nSPS) is 10.6. The Morgan fingerprint density at radius 3 is 2.43 bits per heavy atom. The number of benzene rings is 2. The van der Waals surface area contributed by atoms with Gasteiger partial charge in [0.1, 0.15) is 11.6 Å². The van der Waals surface area contributed by atoms with E-state index >= 15 is 0 Å². The number of para-hydroxylation sites is 2. The largest absolute Gasteiger partial charge is 0.379 e. The van der Waals surface area contributed by atoms with E-state index in [0.717, 1.165) is 11.4 Å². The fraction of sp³-hybridized carbons (Fsp3) is 0.0625. The van der Waals surface area contributed by atoms with Gasteiger partial charge in [0.2, 0.25) is 0 Å². The molecule has 0 amide bonds. The molecule has 1 heterocycles. The highest BCUT2D eigenvalue weighted by atomic mass is 19.1. The zero-order chi connectivity index (χ0) is 14.7. The van der Waals surface area contributed by atoms with Crippen molar-refractivity contribution in [3.8, 4) is 5.69 Å². The van der Waals surface area contributed by atoms with Crippen molar-refractivity contribution in [1.82, 2.24) is 9.78 Å². The highest BCUT2D eigenvalue weighted by Gasteiger charge is 2.09. The minimum Gasteiger partial charge on any atom is -0.379 e. The molecule has 1 N–H and O–H groups in total. The van der Waals surface area contributed by atoms with E-state index in [-0.39, 0.29) is 12.1 Å². The Hall–Kier alpha value is -2.69. The van der Waals surface area contributed by atoms with Crippen molar-refractivity contribution in [3.63, 3.8) is 0 Å². The molecular formula is C16H13F2N3. The van der Waals surface area contributed by atoms with Crippen LogP contribution in [0.2, 0.25) is 0 Å². The van der Waals surface area contributed by atoms with E-state index in [4.69, 9.17) is 0 Å². The number of nitrogens with one attached hydrogen (secondary N) is 1. The van der Waals surface area contributed by atoms with Crippen molar-refractivity contribution >= 4 is 5.69 Å². The van der Waals surface area contributed by atoms with Gasteiger partial charge in [0.25, 0.3) is 0 Å². The summed E-state index contributed by atoms with van der Waals surface area (Å²) in [5, 5.41) is 7.22. The van der Waals surface area contributed by atoms with Gasteiger partial charge in [-0.2, -0.15) is 5.10 Å². The van der Waals surface area contributed by atoms with Crippen LogP contribution in [-0.4, -0.2) is 9.78 Å². The monoisotopic (exact) mass is 285 g/mol. The predicted molar refractivity (Wildman–Crippen MR) is 77.2 cm³/mol. The van der Waals surface area contributed by atoms with E-state index in [0.29, 0.717) is 0 Å². The standard InChI is InChI=1S/C16H13F2N3/c17-13-5-3-6-14(18)12(13)11-19-15-7-1-2-8-16(15)21-10-4-9-20-21/h1-10,19H,11H2. The smallest absolute Gasteiger partial charge is 0.131 e. The van der Waals surface area contributed by atoms with Gasteiger partial charge in [-0.1, -0.05) is 18.2 Å². The SMILES string of the molecule is Fc1cccc(F)c1CNc1ccccc1-n1cccn1. The molecule has 0 radical (unpaired) electrons. The van der Waals surface area contributed by atoms with Crippen LogP contribution in [0.15, 0.2) is 60.9 Å². The topological polar surface area (TPSA) is 29.9 Å². The molecule has 0 saturated heterocycles. The maximum Gasteiger partial charge on any atom is 0.131 e. The van der Waals surface area contributed by atoms with Crippen LogP contribution in [0.5, 0.6) is 0 Å². The van der Waals surface area contributed by atoms with Crippen molar-refractivity contribution in [1.29, 1.82) is 0 Å². The van der Waals surface area contributed by atoms with Crippen LogP contribution in [0.3, 0.4) is 0 Å². The van der Waals surface area contributed by atoms with Crippen molar-refractivity contribution < 1.29 is 8.78 Å². The van der Waals surface area contributed by atoms with E-state index in [1.54, 1.807) is 10.9 Å². The number of hydrogen-bond donors (Lipinski definition) is 1. The fourth-order valence-corrected chi connectivity index (χ4v) is 2.12. The lowest BCUT2D eigenvalue weighted by Crippen LogP contribution is -2.07. The van der Waals surface area contributed by atoms with Gasteiger partial charge in [-0.05, 0) is 30.3 Å². The van der Waals surface area contributed by atoms with E-state index in [1.807, 2.05) is 36.5 Å². The van der Waals surface area contributed by atoms with Crippen LogP contribution in [0.4, 0.5) is 14.5 Å². The first-order chi connectivity index (χ1) is 10.3. The third-order valence-corrected chi connectivity index (χ3v) is 3.17. The van der Waals surface area contributed by atoms with Gasteiger partial charge in [0.05, 0.1) is 11.4 Å². The van der Waals surface area contributed by atoms with Gasteiger partial charge < -0.3 is 5.32 Å². The molecule has 3 rings (SSSR count). The molecule has 0 fully saturated rings. The second-order valence-electron chi connectivity index (χ2n) is 4.52. The van der Waals surface area contributed by atoms with Gasteiger partial charge in [-0.25, -0.2) is 13.5 Å². The lowest BCUT2D eigenvalue weighted by Gasteiger charge is -2.12. The summed E-state index contributed by atoms with van der Waals surface area (Å²) >= 11 is 0. The Morgan fingerprint density at radius 2 is 1.71 bits per heavy atom. The minimum absolute atomic E-state index is 0.0211. The van der Waals surface area contributed by atoms with E-state index in [1.165, 1.54) is 18.2 Å². The zero-order valence-corrected chi connectivity index (χ0v) is 11.1. The number of aromatic nitrogens is 2. The predicted octanol–water partition coefficient (Wildman–Crippen LogP) is 3.76. The second kappa shape index (κ2) is 5.75. The Labute approximate surface area is 120 Å². The summed E-state index contributed by atoms with van der Waals surface area (Å²) < 4.78 is 29.0. The molecule has 21 heavy (non-hydrogen) atoms. The highest BCUT2D eigenvalue weighted by Crippen LogP contribution is 2.21. The average Bonchev–Trinajstić information content (AvgIpc) is 3.01. The fourth-order valence-electron chi connectivity index (χ4n) is 2.12. The first-order valence-corrected chi connectivity index (χ1v) is 6.51. The minimum atomic E-state index is -0.556. The number of anilines is 1. The van der Waals surface area contributed by atoms with Crippen molar-refractivity contribution in [2.45, 2.75) is 6.54 Å². The number of hydrogen-bond acceptors (Lipinski definition) is 2. The molecule has 3 aromatic rings. The van der Waals surface area contributed by atoms with Crippen LogP contribution < -0.4 is 5.32 Å². The van der Waals surface area contributed by atoms with E-state index in [2.05, 4.69) is 10.4 Å². The number of nitrogens with zero attached hydrogens (tertiary/aromatic N) is 2. The molecule has 0 aliphatic heterocycles. The molecular weight excluding hydrogens is 272 g/mol. The molecule has 0 saturated carbocycles. The van der Waals surface area contributed by atoms with Crippen LogP contribution in [0, 0.1) is 11.6 Å². The summed E-state index contributed by atoms with van der Waals surface area (Å²) in [6, 6.07) is 13.1. The maximum absolute atomic E-state index is 13.6. The molecule has 0 aliphatic rings. The summed E-state index contributed by atoms with van der Waals surface area (Å²) in [6.07, 6.45) is 3.48. The average molecular weight is 285 g/mol. The first-order valence-electron chi connectivity index (χ1n) is 6.51. The third-order valence-electron chi connectivity index (χ3n) is 3.17. The summed E-state index contributed by atoms with van der Waals surface area (Å²) in [5.74, 6) is -1.11. The van der Waals surface area contributed by atoms with Crippen LogP contribution >= 0.6 is 0 Å². The third kappa shape index (κ3) is 2.76. The Bertz CT molecular complexity index is 719.